The minimum Gasteiger partial charge on any atom is -0.477 e. The number of nitrogens with zero attached hydrogens (tertiary/aromatic N) is 2. The molecule has 0 radical (unpaired) electrons. The van der Waals surface area contributed by atoms with Crippen LogP contribution in [0.25, 0.3) is 5.52 Å². The number of pyridine rings is 2. The fourth-order valence-corrected chi connectivity index (χ4v) is 4.41. The van der Waals surface area contributed by atoms with Gasteiger partial charge >= 0.3 is 5.97 Å². The third kappa shape index (κ3) is 2.81. The van der Waals surface area contributed by atoms with Gasteiger partial charge < -0.3 is 15.3 Å². The van der Waals surface area contributed by atoms with Crippen LogP contribution in [0.1, 0.15) is 47.2 Å². The number of aryl methyl sites for hydroxylation is 1. The molecule has 6 nitrogen and oxygen atoms in total. The molecule has 2 aromatic heterocycles. The van der Waals surface area contributed by atoms with Crippen molar-refractivity contribution in [3.63, 3.8) is 0 Å². The van der Waals surface area contributed by atoms with Crippen molar-refractivity contribution >= 4 is 17.2 Å². The first kappa shape index (κ1) is 18.0. The van der Waals surface area contributed by atoms with Gasteiger partial charge in [-0.05, 0) is 55.8 Å². The molecular weight excluding hydrogens is 349 g/mol. The molecule has 0 unspecified atom stereocenters. The predicted molar refractivity (Wildman–Crippen MR) is 102 cm³/mol. The Hall–Kier alpha value is -2.41. The van der Waals surface area contributed by atoms with Crippen LogP contribution < -0.4 is 15.8 Å². The molecule has 2 atom stereocenters. The molecule has 7 heteroatoms. The van der Waals surface area contributed by atoms with E-state index in [9.17, 15) is 14.7 Å². The van der Waals surface area contributed by atoms with E-state index in [1.807, 2.05) is 18.9 Å². The SMILES string of the molecule is CN[C@H]1CN(c2c(F)cn3c(=O)c(C(=O)O)cc(C4CC4)c3c2C)C[C@@H]1C. The summed E-state index contributed by atoms with van der Waals surface area (Å²) in [6, 6.07) is 1.77. The number of halogens is 1. The van der Waals surface area contributed by atoms with Crippen molar-refractivity contribution in [2.75, 3.05) is 25.0 Å². The highest BCUT2D eigenvalue weighted by Crippen LogP contribution is 2.44. The fourth-order valence-electron chi connectivity index (χ4n) is 4.41. The minimum atomic E-state index is -1.27. The number of aromatic carboxylic acids is 1. The molecule has 2 fully saturated rings. The van der Waals surface area contributed by atoms with Crippen LogP contribution in [0.15, 0.2) is 17.1 Å². The predicted octanol–water partition coefficient (Wildman–Crippen LogP) is 2.37. The maximum atomic E-state index is 15.1. The van der Waals surface area contributed by atoms with Crippen molar-refractivity contribution in [3.05, 3.63) is 45.1 Å². The summed E-state index contributed by atoms with van der Waals surface area (Å²) in [7, 11) is 1.91. The number of carboxylic acid groups (broad SMARTS) is 1. The zero-order chi connectivity index (χ0) is 19.5. The van der Waals surface area contributed by atoms with Gasteiger partial charge in [0, 0.05) is 19.1 Å². The van der Waals surface area contributed by atoms with Gasteiger partial charge in [0.25, 0.3) is 5.56 Å². The van der Waals surface area contributed by atoms with E-state index in [2.05, 4.69) is 12.2 Å². The lowest BCUT2D eigenvalue weighted by atomic mass is 10.0. The number of aromatic nitrogens is 1. The summed E-state index contributed by atoms with van der Waals surface area (Å²) in [4.78, 5) is 26.2. The number of anilines is 1. The van der Waals surface area contributed by atoms with Crippen LogP contribution in [0.5, 0.6) is 0 Å². The van der Waals surface area contributed by atoms with Crippen LogP contribution in [-0.4, -0.2) is 41.7 Å². The molecule has 4 rings (SSSR count). The fraction of sp³-hybridized carbons (Fsp3) is 0.500. The Labute approximate surface area is 156 Å². The third-order valence-electron chi connectivity index (χ3n) is 5.99. The zero-order valence-corrected chi connectivity index (χ0v) is 15.8. The Kier molecular flexibility index (Phi) is 4.22. The highest BCUT2D eigenvalue weighted by Gasteiger charge is 2.34. The number of carbonyl (C=O) groups is 1. The minimum absolute atomic E-state index is 0.235. The number of nitrogens with one attached hydrogen (secondary N) is 1. The summed E-state index contributed by atoms with van der Waals surface area (Å²) in [5, 5.41) is 12.7. The van der Waals surface area contributed by atoms with Crippen LogP contribution in [0.4, 0.5) is 10.1 Å². The maximum absolute atomic E-state index is 15.1. The summed E-state index contributed by atoms with van der Waals surface area (Å²) in [5.74, 6) is -1.15. The summed E-state index contributed by atoms with van der Waals surface area (Å²) < 4.78 is 16.3. The average Bonchev–Trinajstić information content (AvgIpc) is 3.38. The van der Waals surface area contributed by atoms with Crippen molar-refractivity contribution in [1.29, 1.82) is 0 Å². The maximum Gasteiger partial charge on any atom is 0.341 e. The number of likely N-dealkylation sites (N-methyl/N-ethyl adjacent to an activating group) is 1. The molecular formula is C20H24FN3O3. The second-order valence-corrected chi connectivity index (χ2v) is 7.84. The standard InChI is InChI=1S/C20H24FN3O3/c1-10-7-23(9-16(10)22-3)18-11(2)17-13(12-4-5-12)6-14(20(26)27)19(25)24(17)8-15(18)21/h6,8,10,12,16,22H,4-5,7,9H2,1-3H3,(H,26,27)/t10-,16-/m0/s1. The number of rotatable bonds is 4. The van der Waals surface area contributed by atoms with Gasteiger partial charge in [-0.25, -0.2) is 9.18 Å². The van der Waals surface area contributed by atoms with Crippen molar-refractivity contribution in [1.82, 2.24) is 9.72 Å². The number of carboxylic acids is 1. The molecule has 144 valence electrons. The highest BCUT2D eigenvalue weighted by atomic mass is 19.1. The average molecular weight is 373 g/mol. The third-order valence-corrected chi connectivity index (χ3v) is 5.99. The summed E-state index contributed by atoms with van der Waals surface area (Å²) in [6.45, 7) is 5.39. The normalized spacial score (nSPS) is 22.6. The van der Waals surface area contributed by atoms with Gasteiger partial charge in [-0.1, -0.05) is 6.92 Å². The second kappa shape index (κ2) is 6.34. The zero-order valence-electron chi connectivity index (χ0n) is 15.8. The van der Waals surface area contributed by atoms with E-state index in [0.717, 1.165) is 31.1 Å². The highest BCUT2D eigenvalue weighted by molar-refractivity contribution is 5.89. The van der Waals surface area contributed by atoms with E-state index in [1.165, 1.54) is 10.5 Å². The molecule has 0 bridgehead atoms. The van der Waals surface area contributed by atoms with Crippen LogP contribution in [0.3, 0.4) is 0 Å². The van der Waals surface area contributed by atoms with E-state index < -0.39 is 17.3 Å². The van der Waals surface area contributed by atoms with Crippen LogP contribution in [0.2, 0.25) is 0 Å². The number of hydrogen-bond donors (Lipinski definition) is 2. The first-order valence-electron chi connectivity index (χ1n) is 9.37. The second-order valence-electron chi connectivity index (χ2n) is 7.84. The van der Waals surface area contributed by atoms with Gasteiger partial charge in [-0.2, -0.15) is 0 Å². The molecule has 2 aliphatic rings. The largest absolute Gasteiger partial charge is 0.477 e. The van der Waals surface area contributed by atoms with Gasteiger partial charge in [0.05, 0.1) is 17.4 Å². The van der Waals surface area contributed by atoms with Gasteiger partial charge in [0.15, 0.2) is 5.82 Å². The van der Waals surface area contributed by atoms with Gasteiger partial charge in [-0.3, -0.25) is 9.20 Å². The molecule has 0 amide bonds. The van der Waals surface area contributed by atoms with Gasteiger partial charge in [-0.15, -0.1) is 0 Å². The summed E-state index contributed by atoms with van der Waals surface area (Å²) in [5.41, 5.74) is 1.73. The molecule has 1 saturated carbocycles. The lowest BCUT2D eigenvalue weighted by Gasteiger charge is -2.24. The quantitative estimate of drug-likeness (QED) is 0.861. The van der Waals surface area contributed by atoms with Crippen LogP contribution >= 0.6 is 0 Å². The van der Waals surface area contributed by atoms with E-state index in [1.54, 1.807) is 0 Å². The molecule has 2 N–H and O–H groups in total. The molecule has 0 spiro atoms. The monoisotopic (exact) mass is 373 g/mol. The van der Waals surface area contributed by atoms with E-state index >= 15 is 4.39 Å². The lowest BCUT2D eigenvalue weighted by molar-refractivity contribution is 0.0694. The molecule has 1 saturated heterocycles. The topological polar surface area (TPSA) is 74.0 Å². The number of hydrogen-bond acceptors (Lipinski definition) is 4. The Balaban J connectivity index is 1.96. The summed E-state index contributed by atoms with van der Waals surface area (Å²) >= 11 is 0. The van der Waals surface area contributed by atoms with E-state index in [0.29, 0.717) is 29.2 Å². The van der Waals surface area contributed by atoms with Gasteiger partial charge in [0.2, 0.25) is 0 Å². The van der Waals surface area contributed by atoms with Gasteiger partial charge in [0.1, 0.15) is 5.56 Å². The molecule has 1 aliphatic carbocycles. The first-order valence-corrected chi connectivity index (χ1v) is 9.37. The van der Waals surface area contributed by atoms with E-state index in [-0.39, 0.29) is 17.5 Å². The number of fused-ring (bicyclic) bond motifs is 1. The van der Waals surface area contributed by atoms with Crippen molar-refractivity contribution in [2.24, 2.45) is 5.92 Å². The summed E-state index contributed by atoms with van der Waals surface area (Å²) in [6.07, 6.45) is 3.08. The van der Waals surface area contributed by atoms with E-state index in [4.69, 9.17) is 0 Å². The van der Waals surface area contributed by atoms with Crippen molar-refractivity contribution in [2.45, 2.75) is 38.6 Å². The Morgan fingerprint density at radius 1 is 1.33 bits per heavy atom. The van der Waals surface area contributed by atoms with Crippen LogP contribution in [0, 0.1) is 18.7 Å². The Morgan fingerprint density at radius 3 is 2.59 bits per heavy atom. The smallest absolute Gasteiger partial charge is 0.341 e. The Bertz CT molecular complexity index is 996. The Morgan fingerprint density at radius 2 is 2.04 bits per heavy atom. The first-order chi connectivity index (χ1) is 12.8. The molecule has 27 heavy (non-hydrogen) atoms. The van der Waals surface area contributed by atoms with Crippen LogP contribution in [-0.2, 0) is 0 Å². The van der Waals surface area contributed by atoms with Crippen molar-refractivity contribution in [3.8, 4) is 0 Å². The molecule has 0 aromatic carbocycles. The van der Waals surface area contributed by atoms with Crippen molar-refractivity contribution < 1.29 is 14.3 Å². The lowest BCUT2D eigenvalue weighted by Crippen LogP contribution is -2.33. The molecule has 3 heterocycles. The molecule has 1 aliphatic heterocycles. The molecule has 2 aromatic rings.